The molecule has 0 radical (unpaired) electrons. The van der Waals surface area contributed by atoms with Gasteiger partial charge in [0.2, 0.25) is 5.91 Å². The summed E-state index contributed by atoms with van der Waals surface area (Å²) in [5, 5.41) is 5.64. The quantitative estimate of drug-likeness (QED) is 0.648. The van der Waals surface area contributed by atoms with E-state index in [9.17, 15) is 9.59 Å². The number of hydrogen-bond donors (Lipinski definition) is 3. The lowest BCUT2D eigenvalue weighted by Gasteiger charge is -2.25. The molecule has 2 aromatic rings. The summed E-state index contributed by atoms with van der Waals surface area (Å²) in [6.07, 6.45) is -0.821. The van der Waals surface area contributed by atoms with Gasteiger partial charge in [-0.3, -0.25) is 9.59 Å². The van der Waals surface area contributed by atoms with Crippen LogP contribution in [0.25, 0.3) is 0 Å². The fourth-order valence-electron chi connectivity index (χ4n) is 3.23. The van der Waals surface area contributed by atoms with E-state index in [1.807, 2.05) is 24.3 Å². The molecule has 0 bridgehead atoms. The fraction of sp³-hybridized carbons (Fsp3) is 0.364. The molecule has 6 nitrogen and oxygen atoms in total. The monoisotopic (exact) mass is 382 g/mol. The first-order valence-corrected chi connectivity index (χ1v) is 9.83. The summed E-state index contributed by atoms with van der Waals surface area (Å²) in [6, 6.07) is 15.5. The van der Waals surface area contributed by atoms with Crippen molar-refractivity contribution in [2.24, 2.45) is 0 Å². The van der Waals surface area contributed by atoms with E-state index < -0.39 is 6.10 Å². The zero-order chi connectivity index (χ0) is 19.9. The van der Waals surface area contributed by atoms with Crippen LogP contribution in [0.5, 0.6) is 5.75 Å². The van der Waals surface area contributed by atoms with Gasteiger partial charge >= 0.3 is 0 Å². The Hall–Kier alpha value is -2.86. The van der Waals surface area contributed by atoms with Gasteiger partial charge < -0.3 is 20.3 Å². The van der Waals surface area contributed by atoms with Crippen LogP contribution in [-0.2, 0) is 22.7 Å². The molecule has 0 spiro atoms. The van der Waals surface area contributed by atoms with E-state index in [0.717, 1.165) is 25.2 Å². The van der Waals surface area contributed by atoms with Gasteiger partial charge in [0.25, 0.3) is 5.91 Å². The number of hydrogen-bond acceptors (Lipinski definition) is 3. The first-order chi connectivity index (χ1) is 13.6. The Labute approximate surface area is 165 Å². The van der Waals surface area contributed by atoms with Crippen LogP contribution in [0.15, 0.2) is 48.5 Å². The smallest absolute Gasteiger partial charge is 0.266 e. The number of nitrogens with one attached hydrogen (secondary N) is 3. The number of ether oxygens (including phenoxy) is 1. The molecular weight excluding hydrogens is 354 g/mol. The van der Waals surface area contributed by atoms with Crippen LogP contribution in [0.3, 0.4) is 0 Å². The minimum Gasteiger partial charge on any atom is -0.478 e. The number of anilines is 1. The normalized spacial score (nSPS) is 15.5. The Bertz CT molecular complexity index is 816. The van der Waals surface area contributed by atoms with Crippen molar-refractivity contribution in [1.82, 2.24) is 5.32 Å². The Morgan fingerprint density at radius 3 is 2.46 bits per heavy atom. The van der Waals surface area contributed by atoms with Crippen molar-refractivity contribution in [1.29, 1.82) is 0 Å². The minimum atomic E-state index is -0.811. The summed E-state index contributed by atoms with van der Waals surface area (Å²) in [6.45, 7) is 8.04. The summed E-state index contributed by atoms with van der Waals surface area (Å²) in [4.78, 5) is 25.9. The molecule has 2 aromatic carbocycles. The fourth-order valence-corrected chi connectivity index (χ4v) is 3.23. The van der Waals surface area contributed by atoms with E-state index in [-0.39, 0.29) is 18.2 Å². The van der Waals surface area contributed by atoms with Crippen LogP contribution in [0.2, 0.25) is 0 Å². The molecule has 0 unspecified atom stereocenters. The second-order valence-electron chi connectivity index (χ2n) is 7.02. The average Bonchev–Trinajstić information content (AvgIpc) is 2.72. The van der Waals surface area contributed by atoms with Crippen molar-refractivity contribution in [3.8, 4) is 5.75 Å². The highest BCUT2D eigenvalue weighted by molar-refractivity contribution is 5.99. The Morgan fingerprint density at radius 1 is 1.07 bits per heavy atom. The zero-order valence-electron chi connectivity index (χ0n) is 16.5. The van der Waals surface area contributed by atoms with Gasteiger partial charge in [0.05, 0.1) is 25.2 Å². The van der Waals surface area contributed by atoms with E-state index in [1.54, 1.807) is 12.1 Å². The second-order valence-corrected chi connectivity index (χ2v) is 7.02. The lowest BCUT2D eigenvalue weighted by molar-refractivity contribution is -0.910. The molecule has 3 N–H and O–H groups in total. The second kappa shape index (κ2) is 9.37. The largest absolute Gasteiger partial charge is 0.478 e. The van der Waals surface area contributed by atoms with Crippen LogP contribution in [0.4, 0.5) is 5.69 Å². The molecule has 1 aliphatic heterocycles. The number of carbonyl (C=O) groups excluding carboxylic acids is 2. The van der Waals surface area contributed by atoms with Crippen molar-refractivity contribution in [3.05, 3.63) is 59.7 Å². The molecule has 6 heteroatoms. The number of para-hydroxylation sites is 2. The van der Waals surface area contributed by atoms with Gasteiger partial charge in [-0.25, -0.2) is 0 Å². The molecule has 1 heterocycles. The van der Waals surface area contributed by atoms with Crippen LogP contribution in [0.1, 0.15) is 31.4 Å². The lowest BCUT2D eigenvalue weighted by Crippen LogP contribution is -3.10. The number of carbonyl (C=O) groups is 2. The highest BCUT2D eigenvalue weighted by Gasteiger charge is 2.29. The summed E-state index contributed by atoms with van der Waals surface area (Å²) < 4.78 is 5.67. The molecule has 0 aliphatic carbocycles. The first-order valence-electron chi connectivity index (χ1n) is 9.83. The Kier molecular flexibility index (Phi) is 6.66. The molecule has 148 valence electrons. The predicted molar refractivity (Wildman–Crippen MR) is 108 cm³/mol. The van der Waals surface area contributed by atoms with E-state index in [2.05, 4.69) is 36.6 Å². The number of fused-ring (bicyclic) bond motifs is 1. The third-order valence-electron chi connectivity index (χ3n) is 5.04. The number of amides is 2. The topological polar surface area (TPSA) is 71.9 Å². The molecule has 0 saturated heterocycles. The molecule has 0 fully saturated rings. The maximum atomic E-state index is 12.3. The van der Waals surface area contributed by atoms with Crippen molar-refractivity contribution >= 4 is 17.5 Å². The number of quaternary nitrogens is 1. The maximum Gasteiger partial charge on any atom is 0.266 e. The van der Waals surface area contributed by atoms with E-state index in [0.29, 0.717) is 18.0 Å². The van der Waals surface area contributed by atoms with E-state index in [4.69, 9.17) is 4.74 Å². The van der Waals surface area contributed by atoms with Gasteiger partial charge in [-0.05, 0) is 31.5 Å². The molecule has 1 aliphatic rings. The number of benzene rings is 2. The van der Waals surface area contributed by atoms with Crippen molar-refractivity contribution in [2.75, 3.05) is 18.4 Å². The SMILES string of the molecule is CC[NH+](CC)Cc1ccc(CNC(=O)C[C@H]2Oc3ccccc3NC2=O)cc1. The highest BCUT2D eigenvalue weighted by atomic mass is 16.5. The average molecular weight is 382 g/mol. The standard InChI is InChI=1S/C22H27N3O3/c1-3-25(4-2)15-17-11-9-16(10-12-17)14-23-21(26)13-20-22(27)24-18-7-5-6-8-19(18)28-20/h5-12,20H,3-4,13-15H2,1-2H3,(H,23,26)(H,24,27)/p+1/t20-/m1/s1. The third-order valence-corrected chi connectivity index (χ3v) is 5.04. The lowest BCUT2D eigenvalue weighted by atomic mass is 10.1. The van der Waals surface area contributed by atoms with Crippen LogP contribution in [-0.4, -0.2) is 31.0 Å². The summed E-state index contributed by atoms with van der Waals surface area (Å²) in [5.41, 5.74) is 2.96. The van der Waals surface area contributed by atoms with Gasteiger partial charge in [0, 0.05) is 12.1 Å². The molecule has 2 amide bonds. The number of rotatable bonds is 8. The van der Waals surface area contributed by atoms with E-state index >= 15 is 0 Å². The van der Waals surface area contributed by atoms with Crippen LogP contribution < -0.4 is 20.3 Å². The third kappa shape index (κ3) is 5.10. The van der Waals surface area contributed by atoms with Crippen molar-refractivity contribution in [3.63, 3.8) is 0 Å². The molecule has 1 atom stereocenters. The van der Waals surface area contributed by atoms with Gasteiger partial charge in [-0.1, -0.05) is 36.4 Å². The molecular formula is C22H28N3O3+. The van der Waals surface area contributed by atoms with Crippen LogP contribution in [0, 0.1) is 0 Å². The summed E-state index contributed by atoms with van der Waals surface area (Å²) >= 11 is 0. The Morgan fingerprint density at radius 2 is 1.75 bits per heavy atom. The zero-order valence-corrected chi connectivity index (χ0v) is 16.5. The van der Waals surface area contributed by atoms with Crippen LogP contribution >= 0.6 is 0 Å². The summed E-state index contributed by atoms with van der Waals surface area (Å²) in [7, 11) is 0. The first kappa shape index (κ1) is 19.9. The predicted octanol–water partition coefficient (Wildman–Crippen LogP) is 1.52. The van der Waals surface area contributed by atoms with Gasteiger partial charge in [0.1, 0.15) is 12.3 Å². The van der Waals surface area contributed by atoms with Gasteiger partial charge in [-0.15, -0.1) is 0 Å². The highest BCUT2D eigenvalue weighted by Crippen LogP contribution is 2.29. The minimum absolute atomic E-state index is 0.0103. The maximum absolute atomic E-state index is 12.3. The molecule has 0 saturated carbocycles. The molecule has 28 heavy (non-hydrogen) atoms. The molecule has 0 aromatic heterocycles. The Balaban J connectivity index is 1.49. The van der Waals surface area contributed by atoms with Gasteiger partial charge in [0.15, 0.2) is 6.10 Å². The molecule has 3 rings (SSSR count). The van der Waals surface area contributed by atoms with E-state index in [1.165, 1.54) is 10.5 Å². The van der Waals surface area contributed by atoms with Crippen molar-refractivity contribution < 1.29 is 19.2 Å². The van der Waals surface area contributed by atoms with Crippen molar-refractivity contribution in [2.45, 2.75) is 39.5 Å². The van der Waals surface area contributed by atoms with Gasteiger partial charge in [-0.2, -0.15) is 0 Å². The summed E-state index contributed by atoms with van der Waals surface area (Å²) in [5.74, 6) is 0.0825.